The van der Waals surface area contributed by atoms with Crippen molar-refractivity contribution in [3.05, 3.63) is 23.0 Å². The Labute approximate surface area is 87.5 Å². The van der Waals surface area contributed by atoms with Crippen molar-refractivity contribution in [2.24, 2.45) is 5.92 Å². The minimum Gasteiger partial charge on any atom is -0.396 e. The maximum atomic E-state index is 8.83. The van der Waals surface area contributed by atoms with E-state index in [0.717, 1.165) is 25.3 Å². The van der Waals surface area contributed by atoms with Crippen molar-refractivity contribution < 1.29 is 5.11 Å². The first kappa shape index (κ1) is 9.83. The van der Waals surface area contributed by atoms with E-state index in [4.69, 9.17) is 16.7 Å². The molecule has 1 aromatic heterocycles. The third kappa shape index (κ3) is 2.20. The van der Waals surface area contributed by atoms with Crippen molar-refractivity contribution >= 4 is 11.6 Å². The zero-order valence-corrected chi connectivity index (χ0v) is 8.48. The van der Waals surface area contributed by atoms with Gasteiger partial charge in [0.15, 0.2) is 5.15 Å². The second kappa shape index (κ2) is 4.21. The first-order chi connectivity index (χ1) is 6.78. The molecule has 2 heterocycles. The van der Waals surface area contributed by atoms with Crippen molar-refractivity contribution in [3.63, 3.8) is 0 Å². The Hall–Kier alpha value is -0.710. The molecule has 0 unspecified atom stereocenters. The summed E-state index contributed by atoms with van der Waals surface area (Å²) in [5.41, 5.74) is 0.922. The van der Waals surface area contributed by atoms with E-state index in [2.05, 4.69) is 15.1 Å². The maximum Gasteiger partial charge on any atom is 0.151 e. The van der Waals surface area contributed by atoms with Crippen LogP contribution in [0.25, 0.3) is 0 Å². The lowest BCUT2D eigenvalue weighted by atomic mass is 10.0. The van der Waals surface area contributed by atoms with Crippen LogP contribution in [0.1, 0.15) is 5.69 Å². The van der Waals surface area contributed by atoms with Crippen LogP contribution >= 0.6 is 11.6 Å². The monoisotopic (exact) mass is 213 g/mol. The Balaban J connectivity index is 1.84. The highest BCUT2D eigenvalue weighted by molar-refractivity contribution is 6.29. The smallest absolute Gasteiger partial charge is 0.151 e. The topological polar surface area (TPSA) is 49.2 Å². The molecule has 1 aliphatic rings. The van der Waals surface area contributed by atoms with Gasteiger partial charge in [-0.15, -0.1) is 5.10 Å². The largest absolute Gasteiger partial charge is 0.396 e. The van der Waals surface area contributed by atoms with Gasteiger partial charge in [-0.3, -0.25) is 4.90 Å². The van der Waals surface area contributed by atoms with E-state index in [9.17, 15) is 0 Å². The molecule has 1 aromatic rings. The minimum atomic E-state index is 0.281. The molecule has 1 saturated heterocycles. The second-order valence-electron chi connectivity index (χ2n) is 3.59. The molecule has 4 nitrogen and oxygen atoms in total. The normalized spacial score (nSPS) is 18.1. The van der Waals surface area contributed by atoms with Crippen molar-refractivity contribution in [2.75, 3.05) is 19.7 Å². The number of likely N-dealkylation sites (tertiary alicyclic amines) is 1. The average Bonchev–Trinajstić information content (AvgIpc) is 2.13. The van der Waals surface area contributed by atoms with Crippen molar-refractivity contribution in [2.45, 2.75) is 6.54 Å². The van der Waals surface area contributed by atoms with Gasteiger partial charge in [0.1, 0.15) is 0 Å². The van der Waals surface area contributed by atoms with Crippen LogP contribution in [0, 0.1) is 5.92 Å². The highest BCUT2D eigenvalue weighted by atomic mass is 35.5. The average molecular weight is 214 g/mol. The standard InChI is InChI=1S/C9H12ClN3O/c10-9-2-1-8(11-12-9)5-13-3-7(4-13)6-14/h1-2,7,14H,3-6H2. The van der Waals surface area contributed by atoms with Crippen LogP contribution in [0.5, 0.6) is 0 Å². The van der Waals surface area contributed by atoms with Gasteiger partial charge in [0.05, 0.1) is 5.69 Å². The Morgan fingerprint density at radius 1 is 1.43 bits per heavy atom. The maximum absolute atomic E-state index is 8.83. The van der Waals surface area contributed by atoms with Gasteiger partial charge in [0, 0.05) is 32.2 Å². The lowest BCUT2D eigenvalue weighted by Crippen LogP contribution is -2.47. The number of hydrogen-bond donors (Lipinski definition) is 1. The van der Waals surface area contributed by atoms with E-state index in [0.29, 0.717) is 11.1 Å². The molecule has 1 N–H and O–H groups in total. The Morgan fingerprint density at radius 2 is 2.21 bits per heavy atom. The molecule has 1 fully saturated rings. The number of rotatable bonds is 3. The third-order valence-electron chi connectivity index (χ3n) is 2.36. The van der Waals surface area contributed by atoms with E-state index >= 15 is 0 Å². The van der Waals surface area contributed by atoms with E-state index in [1.54, 1.807) is 6.07 Å². The van der Waals surface area contributed by atoms with Crippen LogP contribution in [0.15, 0.2) is 12.1 Å². The number of halogens is 1. The lowest BCUT2D eigenvalue weighted by Gasteiger charge is -2.37. The summed E-state index contributed by atoms with van der Waals surface area (Å²) in [5, 5.41) is 17.0. The van der Waals surface area contributed by atoms with Crippen molar-refractivity contribution in [1.29, 1.82) is 0 Å². The molecule has 0 aromatic carbocycles. The van der Waals surface area contributed by atoms with Gasteiger partial charge in [-0.05, 0) is 12.1 Å². The van der Waals surface area contributed by atoms with Gasteiger partial charge in [0.2, 0.25) is 0 Å². The van der Waals surface area contributed by atoms with Crippen LogP contribution < -0.4 is 0 Å². The van der Waals surface area contributed by atoms with Gasteiger partial charge < -0.3 is 5.11 Å². The summed E-state index contributed by atoms with van der Waals surface area (Å²) in [6.45, 7) is 2.96. The van der Waals surface area contributed by atoms with Crippen LogP contribution in [0.2, 0.25) is 5.15 Å². The predicted molar refractivity (Wildman–Crippen MR) is 52.9 cm³/mol. The summed E-state index contributed by atoms with van der Waals surface area (Å²) in [7, 11) is 0. The fraction of sp³-hybridized carbons (Fsp3) is 0.556. The molecule has 0 atom stereocenters. The Morgan fingerprint density at radius 3 is 2.79 bits per heavy atom. The highest BCUT2D eigenvalue weighted by Crippen LogP contribution is 2.16. The number of nitrogens with zero attached hydrogens (tertiary/aromatic N) is 3. The van der Waals surface area contributed by atoms with E-state index in [1.165, 1.54) is 0 Å². The summed E-state index contributed by atoms with van der Waals surface area (Å²) >= 11 is 5.62. The zero-order valence-electron chi connectivity index (χ0n) is 7.73. The molecular formula is C9H12ClN3O. The van der Waals surface area contributed by atoms with E-state index in [1.807, 2.05) is 6.07 Å². The number of aromatic nitrogens is 2. The Bertz CT molecular complexity index is 297. The summed E-state index contributed by atoms with van der Waals surface area (Å²) in [6.07, 6.45) is 0. The number of hydrogen-bond acceptors (Lipinski definition) is 4. The zero-order chi connectivity index (χ0) is 9.97. The molecule has 5 heteroatoms. The molecule has 2 rings (SSSR count). The van der Waals surface area contributed by atoms with Crippen molar-refractivity contribution in [1.82, 2.24) is 15.1 Å². The van der Waals surface area contributed by atoms with E-state index < -0.39 is 0 Å². The summed E-state index contributed by atoms with van der Waals surface area (Å²) in [6, 6.07) is 3.62. The number of aliphatic hydroxyl groups is 1. The van der Waals surface area contributed by atoms with E-state index in [-0.39, 0.29) is 6.61 Å². The lowest BCUT2D eigenvalue weighted by molar-refractivity contribution is 0.0468. The Kier molecular flexibility index (Phi) is 2.96. The van der Waals surface area contributed by atoms with Crippen molar-refractivity contribution in [3.8, 4) is 0 Å². The number of aliphatic hydroxyl groups excluding tert-OH is 1. The molecule has 1 aliphatic heterocycles. The summed E-state index contributed by atoms with van der Waals surface area (Å²) < 4.78 is 0. The quantitative estimate of drug-likeness (QED) is 0.797. The van der Waals surface area contributed by atoms with Gasteiger partial charge >= 0.3 is 0 Å². The minimum absolute atomic E-state index is 0.281. The second-order valence-corrected chi connectivity index (χ2v) is 3.98. The van der Waals surface area contributed by atoms with Crippen LogP contribution in [0.3, 0.4) is 0 Å². The van der Waals surface area contributed by atoms with Gasteiger partial charge in [-0.25, -0.2) is 0 Å². The predicted octanol–water partition coefficient (Wildman–Crippen LogP) is 0.554. The fourth-order valence-corrected chi connectivity index (χ4v) is 1.68. The molecule has 14 heavy (non-hydrogen) atoms. The van der Waals surface area contributed by atoms with Gasteiger partial charge in [-0.2, -0.15) is 5.10 Å². The molecule has 0 aliphatic carbocycles. The molecule has 0 amide bonds. The highest BCUT2D eigenvalue weighted by Gasteiger charge is 2.25. The van der Waals surface area contributed by atoms with Gasteiger partial charge in [0.25, 0.3) is 0 Å². The third-order valence-corrected chi connectivity index (χ3v) is 2.57. The molecule has 0 saturated carbocycles. The molecule has 0 radical (unpaired) electrons. The van der Waals surface area contributed by atoms with Crippen LogP contribution in [0.4, 0.5) is 0 Å². The first-order valence-electron chi connectivity index (χ1n) is 4.59. The van der Waals surface area contributed by atoms with Crippen LogP contribution in [-0.2, 0) is 6.54 Å². The molecule has 0 spiro atoms. The summed E-state index contributed by atoms with van der Waals surface area (Å²) in [4.78, 5) is 2.22. The SMILES string of the molecule is OCC1CN(Cc2ccc(Cl)nn2)C1. The van der Waals surface area contributed by atoms with Crippen LogP contribution in [-0.4, -0.2) is 39.9 Å². The summed E-state index contributed by atoms with van der Waals surface area (Å²) in [5.74, 6) is 0.440. The molecule has 0 bridgehead atoms. The first-order valence-corrected chi connectivity index (χ1v) is 4.97. The fourth-order valence-electron chi connectivity index (χ4n) is 1.58. The molecular weight excluding hydrogens is 202 g/mol. The van der Waals surface area contributed by atoms with Gasteiger partial charge in [-0.1, -0.05) is 11.6 Å². The molecule has 76 valence electrons.